The van der Waals surface area contributed by atoms with Crippen LogP contribution in [0, 0.1) is 0 Å². The molecule has 1 aliphatic heterocycles. The van der Waals surface area contributed by atoms with E-state index in [9.17, 15) is 4.79 Å². The zero-order chi connectivity index (χ0) is 21.9. The fourth-order valence-electron chi connectivity index (χ4n) is 4.46. The molecule has 0 spiro atoms. The number of nitrogens with one attached hydrogen (secondary N) is 2. The standard InChI is InChI=1S/C25H27N3O3S/c29-23(30)13-19-15-32-25(27-19)22-12-17-10-16(14-31-20-8-2-1-3-9-20)11-21(24(17)28-22)26-18-6-4-5-7-18/h1-3,8-12,18-19,26,28H,4-7,13-15H2,(H,29,30). The van der Waals surface area contributed by atoms with Gasteiger partial charge in [-0.2, -0.15) is 0 Å². The molecule has 2 aromatic carbocycles. The summed E-state index contributed by atoms with van der Waals surface area (Å²) in [5.41, 5.74) is 4.23. The maximum absolute atomic E-state index is 11.0. The highest BCUT2D eigenvalue weighted by molar-refractivity contribution is 8.14. The van der Waals surface area contributed by atoms with Crippen molar-refractivity contribution < 1.29 is 14.6 Å². The number of para-hydroxylation sites is 1. The number of H-pyrrole nitrogens is 1. The third-order valence-electron chi connectivity index (χ3n) is 6.00. The summed E-state index contributed by atoms with van der Waals surface area (Å²) in [4.78, 5) is 19.2. The second-order valence-corrected chi connectivity index (χ2v) is 9.52. The number of rotatable bonds is 8. The first-order valence-corrected chi connectivity index (χ1v) is 12.2. The summed E-state index contributed by atoms with van der Waals surface area (Å²) in [6.07, 6.45) is 5.00. The smallest absolute Gasteiger partial charge is 0.305 e. The Hall–Kier alpha value is -2.93. The van der Waals surface area contributed by atoms with Crippen molar-refractivity contribution in [2.75, 3.05) is 11.1 Å². The van der Waals surface area contributed by atoms with Gasteiger partial charge < -0.3 is 20.1 Å². The van der Waals surface area contributed by atoms with Crippen molar-refractivity contribution in [1.82, 2.24) is 4.98 Å². The third-order valence-corrected chi connectivity index (χ3v) is 7.15. The molecule has 1 unspecified atom stereocenters. The van der Waals surface area contributed by atoms with E-state index in [0.29, 0.717) is 18.4 Å². The minimum Gasteiger partial charge on any atom is -0.489 e. The van der Waals surface area contributed by atoms with E-state index >= 15 is 0 Å². The molecular weight excluding hydrogens is 422 g/mol. The molecule has 1 aliphatic carbocycles. The van der Waals surface area contributed by atoms with Gasteiger partial charge in [-0.05, 0) is 48.7 Å². The second kappa shape index (κ2) is 9.28. The summed E-state index contributed by atoms with van der Waals surface area (Å²) in [6.45, 7) is 0.496. The normalized spacial score (nSPS) is 18.8. The van der Waals surface area contributed by atoms with Crippen LogP contribution in [0.3, 0.4) is 0 Å². The van der Waals surface area contributed by atoms with Gasteiger partial charge in [0.1, 0.15) is 17.4 Å². The Bertz CT molecular complexity index is 1140. The number of hydrogen-bond donors (Lipinski definition) is 3. The van der Waals surface area contributed by atoms with Crippen molar-refractivity contribution in [3.05, 3.63) is 59.8 Å². The molecule has 7 heteroatoms. The Morgan fingerprint density at radius 2 is 2.00 bits per heavy atom. The van der Waals surface area contributed by atoms with Crippen molar-refractivity contribution in [2.45, 2.75) is 50.8 Å². The first kappa shape index (κ1) is 20.9. The number of carboxylic acid groups (broad SMARTS) is 1. The van der Waals surface area contributed by atoms with E-state index in [4.69, 9.17) is 9.84 Å². The number of aromatic amines is 1. The van der Waals surface area contributed by atoms with Gasteiger partial charge >= 0.3 is 5.97 Å². The monoisotopic (exact) mass is 449 g/mol. The van der Waals surface area contributed by atoms with E-state index in [-0.39, 0.29) is 12.5 Å². The minimum absolute atomic E-state index is 0.0756. The molecule has 2 aliphatic rings. The number of anilines is 1. The predicted molar refractivity (Wildman–Crippen MR) is 130 cm³/mol. The molecule has 6 nitrogen and oxygen atoms in total. The Kier molecular flexibility index (Phi) is 6.08. The maximum atomic E-state index is 11.0. The first-order valence-electron chi connectivity index (χ1n) is 11.2. The number of carboxylic acids is 1. The fraction of sp³-hybridized carbons (Fsp3) is 0.360. The molecule has 3 N–H and O–H groups in total. The van der Waals surface area contributed by atoms with Crippen LogP contribution in [-0.2, 0) is 11.4 Å². The quantitative estimate of drug-likeness (QED) is 0.426. The van der Waals surface area contributed by atoms with E-state index in [1.807, 2.05) is 30.3 Å². The minimum atomic E-state index is -0.802. The largest absolute Gasteiger partial charge is 0.489 e. The van der Waals surface area contributed by atoms with Crippen LogP contribution in [0.2, 0.25) is 0 Å². The third kappa shape index (κ3) is 4.78. The van der Waals surface area contributed by atoms with Crippen LogP contribution in [0.1, 0.15) is 43.4 Å². The summed E-state index contributed by atoms with van der Waals surface area (Å²) in [5, 5.41) is 14.8. The van der Waals surface area contributed by atoms with Gasteiger partial charge in [-0.15, -0.1) is 11.8 Å². The zero-order valence-electron chi connectivity index (χ0n) is 17.8. The van der Waals surface area contributed by atoms with Gasteiger partial charge in [0, 0.05) is 17.2 Å². The lowest BCUT2D eigenvalue weighted by atomic mass is 10.1. The fourth-order valence-corrected chi connectivity index (χ4v) is 5.49. The van der Waals surface area contributed by atoms with E-state index in [1.165, 1.54) is 25.7 Å². The SMILES string of the molecule is O=C(O)CC1CSC(c2cc3cc(COc4ccccc4)cc(NC4CCCC4)c3[nH]2)=N1. The number of benzene rings is 2. The number of hydrogen-bond acceptors (Lipinski definition) is 5. The molecule has 0 amide bonds. The summed E-state index contributed by atoms with van der Waals surface area (Å²) in [7, 11) is 0. The van der Waals surface area contributed by atoms with Gasteiger partial charge in [-0.25, -0.2) is 0 Å². The lowest BCUT2D eigenvalue weighted by molar-refractivity contribution is -0.137. The number of fused-ring (bicyclic) bond motifs is 1. The van der Waals surface area contributed by atoms with E-state index in [2.05, 4.69) is 33.5 Å². The van der Waals surface area contributed by atoms with Gasteiger partial charge in [-0.3, -0.25) is 9.79 Å². The highest BCUT2D eigenvalue weighted by Crippen LogP contribution is 2.33. The van der Waals surface area contributed by atoms with E-state index < -0.39 is 5.97 Å². The molecular formula is C25H27N3O3S. The number of aliphatic carboxylic acids is 1. The van der Waals surface area contributed by atoms with E-state index in [1.54, 1.807) is 11.8 Å². The summed E-state index contributed by atoms with van der Waals surface area (Å²) >= 11 is 1.62. The molecule has 166 valence electrons. The van der Waals surface area contributed by atoms with Crippen LogP contribution in [-0.4, -0.2) is 38.9 Å². The molecule has 1 saturated carbocycles. The molecule has 1 fully saturated rings. The molecule has 1 aromatic heterocycles. The van der Waals surface area contributed by atoms with Crippen molar-refractivity contribution in [2.24, 2.45) is 4.99 Å². The van der Waals surface area contributed by atoms with Crippen molar-refractivity contribution >= 4 is 39.4 Å². The molecule has 32 heavy (non-hydrogen) atoms. The Balaban J connectivity index is 1.44. The summed E-state index contributed by atoms with van der Waals surface area (Å²) in [6, 6.07) is 16.7. The van der Waals surface area contributed by atoms with Crippen molar-refractivity contribution in [3.63, 3.8) is 0 Å². The highest BCUT2D eigenvalue weighted by Gasteiger charge is 2.24. The number of aliphatic imine (C=N–C) groups is 1. The van der Waals surface area contributed by atoms with Gasteiger partial charge in [0.25, 0.3) is 0 Å². The number of carbonyl (C=O) groups is 1. The molecule has 3 aromatic rings. The molecule has 0 bridgehead atoms. The first-order chi connectivity index (χ1) is 15.6. The molecule has 5 rings (SSSR count). The highest BCUT2D eigenvalue weighted by atomic mass is 32.2. The van der Waals surface area contributed by atoms with Crippen molar-refractivity contribution in [1.29, 1.82) is 0 Å². The Labute approximate surface area is 191 Å². The Morgan fingerprint density at radius 1 is 1.19 bits per heavy atom. The topological polar surface area (TPSA) is 86.7 Å². The van der Waals surface area contributed by atoms with Gasteiger partial charge in [-0.1, -0.05) is 31.0 Å². The average Bonchev–Trinajstić information content (AvgIpc) is 3.53. The van der Waals surface area contributed by atoms with Gasteiger partial charge in [0.05, 0.1) is 29.4 Å². The van der Waals surface area contributed by atoms with Crippen molar-refractivity contribution in [3.8, 4) is 5.75 Å². The zero-order valence-corrected chi connectivity index (χ0v) is 18.7. The average molecular weight is 450 g/mol. The number of aromatic nitrogens is 1. The number of thioether (sulfide) groups is 1. The molecule has 2 heterocycles. The lowest BCUT2D eigenvalue weighted by Crippen LogP contribution is -2.15. The second-order valence-electron chi connectivity index (χ2n) is 8.52. The Morgan fingerprint density at radius 3 is 2.78 bits per heavy atom. The van der Waals surface area contributed by atoms with Crippen LogP contribution >= 0.6 is 11.8 Å². The molecule has 0 saturated heterocycles. The molecule has 1 atom stereocenters. The van der Waals surface area contributed by atoms with Crippen LogP contribution in [0.4, 0.5) is 5.69 Å². The van der Waals surface area contributed by atoms with Gasteiger partial charge in [0.2, 0.25) is 0 Å². The van der Waals surface area contributed by atoms with Crippen LogP contribution in [0.15, 0.2) is 53.5 Å². The molecule has 0 radical (unpaired) electrons. The predicted octanol–water partition coefficient (Wildman–Crippen LogP) is 5.44. The van der Waals surface area contributed by atoms with Crippen LogP contribution < -0.4 is 10.1 Å². The maximum Gasteiger partial charge on any atom is 0.305 e. The lowest BCUT2D eigenvalue weighted by Gasteiger charge is -2.16. The number of nitrogens with zero attached hydrogens (tertiary/aromatic N) is 1. The van der Waals surface area contributed by atoms with Crippen LogP contribution in [0.5, 0.6) is 5.75 Å². The van der Waals surface area contributed by atoms with Crippen LogP contribution in [0.25, 0.3) is 10.9 Å². The summed E-state index contributed by atoms with van der Waals surface area (Å²) < 4.78 is 6.00. The van der Waals surface area contributed by atoms with Gasteiger partial charge in [0.15, 0.2) is 0 Å². The summed E-state index contributed by atoms with van der Waals surface area (Å²) in [5.74, 6) is 0.762. The van der Waals surface area contributed by atoms with E-state index in [0.717, 1.165) is 38.6 Å². The number of ether oxygens (including phenoxy) is 1.